The van der Waals surface area contributed by atoms with Crippen molar-refractivity contribution in [3.05, 3.63) is 34.5 Å². The summed E-state index contributed by atoms with van der Waals surface area (Å²) in [7, 11) is 0. The van der Waals surface area contributed by atoms with Gasteiger partial charge in [0.2, 0.25) is 0 Å². The van der Waals surface area contributed by atoms with Gasteiger partial charge in [-0.1, -0.05) is 26.8 Å². The lowest BCUT2D eigenvalue weighted by molar-refractivity contribution is 0.553. The summed E-state index contributed by atoms with van der Waals surface area (Å²) in [6.45, 7) is 10.7. The first-order valence-corrected chi connectivity index (χ1v) is 8.04. The largest absolute Gasteiger partial charge is 0.312 e. The molecule has 2 aromatic rings. The Labute approximate surface area is 125 Å². The first kappa shape index (κ1) is 15.1. The molecule has 1 N–H and O–H groups in total. The van der Waals surface area contributed by atoms with Gasteiger partial charge in [0.1, 0.15) is 10.7 Å². The van der Waals surface area contributed by atoms with Gasteiger partial charge < -0.3 is 5.32 Å². The van der Waals surface area contributed by atoms with E-state index in [1.54, 1.807) is 11.3 Å². The van der Waals surface area contributed by atoms with Gasteiger partial charge in [0.25, 0.3) is 0 Å². The van der Waals surface area contributed by atoms with Crippen molar-refractivity contribution in [1.82, 2.24) is 15.3 Å². The second kappa shape index (κ2) is 6.95. The zero-order chi connectivity index (χ0) is 14.5. The molecule has 0 unspecified atom stereocenters. The van der Waals surface area contributed by atoms with E-state index in [0.717, 1.165) is 30.2 Å². The Morgan fingerprint density at radius 3 is 2.80 bits per heavy atom. The molecular weight excluding hydrogens is 266 g/mol. The molecule has 0 saturated carbocycles. The molecule has 2 aromatic heterocycles. The number of aryl methyl sites for hydroxylation is 2. The SMILES string of the molecule is CCc1nc(-c2ncccc2C)sc1CNCC(C)C. The van der Waals surface area contributed by atoms with Crippen LogP contribution < -0.4 is 5.32 Å². The summed E-state index contributed by atoms with van der Waals surface area (Å²) >= 11 is 1.77. The van der Waals surface area contributed by atoms with Gasteiger partial charge in [-0.3, -0.25) is 4.98 Å². The molecule has 0 saturated heterocycles. The fraction of sp³-hybridized carbons (Fsp3) is 0.500. The maximum atomic E-state index is 4.77. The number of nitrogens with one attached hydrogen (secondary N) is 1. The Morgan fingerprint density at radius 1 is 1.35 bits per heavy atom. The van der Waals surface area contributed by atoms with Gasteiger partial charge in [-0.25, -0.2) is 4.98 Å². The van der Waals surface area contributed by atoms with E-state index in [9.17, 15) is 0 Å². The summed E-state index contributed by atoms with van der Waals surface area (Å²) in [6, 6.07) is 4.06. The predicted molar refractivity (Wildman–Crippen MR) is 86.0 cm³/mol. The van der Waals surface area contributed by atoms with E-state index in [0.29, 0.717) is 5.92 Å². The fourth-order valence-corrected chi connectivity index (χ4v) is 3.26. The van der Waals surface area contributed by atoms with Crippen LogP contribution in [0.4, 0.5) is 0 Å². The van der Waals surface area contributed by atoms with Gasteiger partial charge in [-0.15, -0.1) is 11.3 Å². The minimum Gasteiger partial charge on any atom is -0.312 e. The highest BCUT2D eigenvalue weighted by Gasteiger charge is 2.13. The third kappa shape index (κ3) is 3.64. The van der Waals surface area contributed by atoms with Gasteiger partial charge in [-0.05, 0) is 37.4 Å². The first-order valence-electron chi connectivity index (χ1n) is 7.23. The van der Waals surface area contributed by atoms with Gasteiger partial charge in [0, 0.05) is 17.6 Å². The molecule has 2 rings (SSSR count). The van der Waals surface area contributed by atoms with Gasteiger partial charge in [0.05, 0.1) is 5.69 Å². The van der Waals surface area contributed by atoms with Crippen LogP contribution in [0.25, 0.3) is 10.7 Å². The van der Waals surface area contributed by atoms with E-state index < -0.39 is 0 Å². The van der Waals surface area contributed by atoms with E-state index in [2.05, 4.69) is 44.1 Å². The van der Waals surface area contributed by atoms with Crippen LogP contribution in [-0.2, 0) is 13.0 Å². The second-order valence-electron chi connectivity index (χ2n) is 5.44. The van der Waals surface area contributed by atoms with E-state index in [4.69, 9.17) is 4.98 Å². The Balaban J connectivity index is 2.20. The zero-order valence-electron chi connectivity index (χ0n) is 12.7. The van der Waals surface area contributed by atoms with Crippen molar-refractivity contribution in [1.29, 1.82) is 0 Å². The molecule has 0 aromatic carbocycles. The molecule has 3 nitrogen and oxygen atoms in total. The van der Waals surface area contributed by atoms with Crippen molar-refractivity contribution >= 4 is 11.3 Å². The number of rotatable bonds is 6. The molecule has 2 heterocycles. The maximum Gasteiger partial charge on any atom is 0.142 e. The number of hydrogen-bond acceptors (Lipinski definition) is 4. The standard InChI is InChI=1S/C16H23N3S/c1-5-13-14(10-17-9-11(2)3)20-16(19-13)15-12(4)7-6-8-18-15/h6-8,11,17H,5,9-10H2,1-4H3. The molecule has 0 fully saturated rings. The number of pyridine rings is 1. The highest BCUT2D eigenvalue weighted by Crippen LogP contribution is 2.29. The van der Waals surface area contributed by atoms with Crippen molar-refractivity contribution in [2.24, 2.45) is 5.92 Å². The molecular formula is C16H23N3S. The summed E-state index contributed by atoms with van der Waals surface area (Å²) in [5.74, 6) is 0.672. The van der Waals surface area contributed by atoms with E-state index in [1.807, 2.05) is 12.3 Å². The molecule has 0 amide bonds. The van der Waals surface area contributed by atoms with Crippen LogP contribution in [0.2, 0.25) is 0 Å². The van der Waals surface area contributed by atoms with Crippen molar-refractivity contribution in [2.45, 2.75) is 40.7 Å². The van der Waals surface area contributed by atoms with Crippen LogP contribution in [0.1, 0.15) is 36.9 Å². The molecule has 20 heavy (non-hydrogen) atoms. The van der Waals surface area contributed by atoms with Crippen molar-refractivity contribution in [3.8, 4) is 10.7 Å². The molecule has 0 spiro atoms. The Kier molecular flexibility index (Phi) is 5.26. The van der Waals surface area contributed by atoms with Gasteiger partial charge in [0.15, 0.2) is 0 Å². The second-order valence-corrected chi connectivity index (χ2v) is 6.52. The summed E-state index contributed by atoms with van der Waals surface area (Å²) in [5, 5.41) is 4.55. The van der Waals surface area contributed by atoms with Crippen LogP contribution in [0.15, 0.2) is 18.3 Å². The monoisotopic (exact) mass is 289 g/mol. The predicted octanol–water partition coefficient (Wildman–Crippen LogP) is 3.82. The molecule has 0 aliphatic carbocycles. The zero-order valence-corrected chi connectivity index (χ0v) is 13.5. The summed E-state index contributed by atoms with van der Waals surface area (Å²) in [6.07, 6.45) is 2.81. The van der Waals surface area contributed by atoms with Crippen LogP contribution in [0.3, 0.4) is 0 Å². The average Bonchev–Trinajstić information content (AvgIpc) is 2.82. The number of hydrogen-bond donors (Lipinski definition) is 1. The summed E-state index contributed by atoms with van der Waals surface area (Å²) in [5.41, 5.74) is 3.40. The normalized spacial score (nSPS) is 11.2. The molecule has 108 valence electrons. The highest BCUT2D eigenvalue weighted by molar-refractivity contribution is 7.15. The smallest absolute Gasteiger partial charge is 0.142 e. The molecule has 0 radical (unpaired) electrons. The number of nitrogens with zero attached hydrogens (tertiary/aromatic N) is 2. The number of thiazole rings is 1. The third-order valence-electron chi connectivity index (χ3n) is 3.16. The molecule has 0 aliphatic rings. The van der Waals surface area contributed by atoms with Gasteiger partial charge >= 0.3 is 0 Å². The molecule has 0 atom stereocenters. The van der Waals surface area contributed by atoms with Crippen LogP contribution in [0, 0.1) is 12.8 Å². The molecule has 0 aliphatic heterocycles. The Morgan fingerprint density at radius 2 is 2.15 bits per heavy atom. The molecule has 0 bridgehead atoms. The van der Waals surface area contributed by atoms with Crippen LogP contribution in [-0.4, -0.2) is 16.5 Å². The summed E-state index contributed by atoms with van der Waals surface area (Å²) in [4.78, 5) is 10.6. The third-order valence-corrected chi connectivity index (χ3v) is 4.27. The molecule has 4 heteroatoms. The lowest BCUT2D eigenvalue weighted by Gasteiger charge is -2.06. The minimum absolute atomic E-state index is 0.672. The van der Waals surface area contributed by atoms with Gasteiger partial charge in [-0.2, -0.15) is 0 Å². The Hall–Kier alpha value is -1.26. The van der Waals surface area contributed by atoms with E-state index in [1.165, 1.54) is 16.1 Å². The topological polar surface area (TPSA) is 37.8 Å². The maximum absolute atomic E-state index is 4.77. The van der Waals surface area contributed by atoms with Crippen molar-refractivity contribution in [3.63, 3.8) is 0 Å². The number of aromatic nitrogens is 2. The highest BCUT2D eigenvalue weighted by atomic mass is 32.1. The van der Waals surface area contributed by atoms with Crippen molar-refractivity contribution in [2.75, 3.05) is 6.54 Å². The lowest BCUT2D eigenvalue weighted by atomic mass is 10.2. The van der Waals surface area contributed by atoms with E-state index in [-0.39, 0.29) is 0 Å². The quantitative estimate of drug-likeness (QED) is 0.878. The van der Waals surface area contributed by atoms with Crippen molar-refractivity contribution < 1.29 is 0 Å². The Bertz CT molecular complexity index is 561. The minimum atomic E-state index is 0.672. The van der Waals surface area contributed by atoms with Crippen LogP contribution in [0.5, 0.6) is 0 Å². The van der Waals surface area contributed by atoms with Crippen LogP contribution >= 0.6 is 11.3 Å². The van der Waals surface area contributed by atoms with E-state index >= 15 is 0 Å². The summed E-state index contributed by atoms with van der Waals surface area (Å²) < 4.78 is 0. The fourth-order valence-electron chi connectivity index (χ4n) is 2.08. The lowest BCUT2D eigenvalue weighted by Crippen LogP contribution is -2.18. The average molecular weight is 289 g/mol. The first-order chi connectivity index (χ1) is 9.61.